The summed E-state index contributed by atoms with van der Waals surface area (Å²) in [5, 5.41) is 11.0. The van der Waals surface area contributed by atoms with Crippen LogP contribution < -0.4 is 14.4 Å². The second-order valence-corrected chi connectivity index (χ2v) is 12.0. The Morgan fingerprint density at radius 3 is 2.45 bits per heavy atom. The number of amides is 1. The van der Waals surface area contributed by atoms with Gasteiger partial charge in [0.05, 0.1) is 15.7 Å². The van der Waals surface area contributed by atoms with Gasteiger partial charge >= 0.3 is 5.97 Å². The Labute approximate surface area is 266 Å². The summed E-state index contributed by atoms with van der Waals surface area (Å²) in [5.74, 6) is 0.216. The zero-order chi connectivity index (χ0) is 30.8. The summed E-state index contributed by atoms with van der Waals surface area (Å²) in [7, 11) is 1.73. The fraction of sp³-hybridized carbons (Fsp3) is 0.257. The molecule has 0 aliphatic carbocycles. The van der Waals surface area contributed by atoms with Crippen LogP contribution in [0.5, 0.6) is 11.5 Å². The lowest BCUT2D eigenvalue weighted by Crippen LogP contribution is -2.46. The maximum Gasteiger partial charge on any atom is 0.321 e. The third-order valence-corrected chi connectivity index (χ3v) is 9.02. The van der Waals surface area contributed by atoms with Crippen molar-refractivity contribution in [3.8, 4) is 11.5 Å². The first-order valence-corrected chi connectivity index (χ1v) is 15.3. The summed E-state index contributed by atoms with van der Waals surface area (Å²) in [4.78, 5) is 29.3. The summed E-state index contributed by atoms with van der Waals surface area (Å²) in [5.41, 5.74) is 5.44. The second-order valence-electron chi connectivity index (χ2n) is 11.2. The number of aliphatic carboxylic acids is 1. The van der Waals surface area contributed by atoms with Gasteiger partial charge in [-0.3, -0.25) is 14.5 Å². The number of nitrogens with zero attached hydrogens (tertiary/aromatic N) is 2. The highest BCUT2D eigenvalue weighted by Crippen LogP contribution is 2.42. The lowest BCUT2D eigenvalue weighted by Gasteiger charge is -2.37. The van der Waals surface area contributed by atoms with Gasteiger partial charge in [0.1, 0.15) is 24.1 Å². The van der Waals surface area contributed by atoms with Gasteiger partial charge in [0.15, 0.2) is 0 Å². The number of anilines is 1. The van der Waals surface area contributed by atoms with Crippen molar-refractivity contribution < 1.29 is 24.2 Å². The van der Waals surface area contributed by atoms with Gasteiger partial charge in [0.2, 0.25) is 6.10 Å². The Kier molecular flexibility index (Phi) is 8.80. The van der Waals surface area contributed by atoms with Crippen molar-refractivity contribution in [1.29, 1.82) is 0 Å². The number of rotatable bonds is 9. The Hall–Kier alpha value is -4.04. The molecule has 0 unspecified atom stereocenters. The van der Waals surface area contributed by atoms with Crippen LogP contribution in [0.1, 0.15) is 40.3 Å². The van der Waals surface area contributed by atoms with E-state index in [2.05, 4.69) is 12.1 Å². The van der Waals surface area contributed by atoms with Gasteiger partial charge < -0.3 is 19.5 Å². The fourth-order valence-corrected chi connectivity index (χ4v) is 6.16. The molecule has 1 amide bonds. The van der Waals surface area contributed by atoms with E-state index in [9.17, 15) is 14.7 Å². The Morgan fingerprint density at radius 1 is 0.955 bits per heavy atom. The van der Waals surface area contributed by atoms with Crippen molar-refractivity contribution in [1.82, 2.24) is 4.90 Å². The molecule has 2 heterocycles. The quantitative estimate of drug-likeness (QED) is 0.212. The zero-order valence-corrected chi connectivity index (χ0v) is 25.7. The number of fused-ring (bicyclic) bond motifs is 2. The molecule has 2 atom stereocenters. The average molecular weight is 632 g/mol. The minimum absolute atomic E-state index is 0.199. The molecule has 0 saturated carbocycles. The molecular weight excluding hydrogens is 599 g/mol. The van der Waals surface area contributed by atoms with Gasteiger partial charge in [-0.1, -0.05) is 71.7 Å². The van der Waals surface area contributed by atoms with E-state index in [0.29, 0.717) is 58.9 Å². The van der Waals surface area contributed by atoms with Crippen molar-refractivity contribution in [2.75, 3.05) is 18.5 Å². The minimum Gasteiger partial charge on any atom is -0.489 e. The highest BCUT2D eigenvalue weighted by atomic mass is 35.5. The fourth-order valence-electron chi connectivity index (χ4n) is 5.84. The van der Waals surface area contributed by atoms with Crippen LogP contribution in [0.2, 0.25) is 10.0 Å². The van der Waals surface area contributed by atoms with Crippen molar-refractivity contribution in [2.24, 2.45) is 0 Å². The predicted octanol–water partition coefficient (Wildman–Crippen LogP) is 7.11. The molecule has 0 radical (unpaired) electrons. The first-order valence-electron chi connectivity index (χ1n) is 14.5. The Bertz CT molecular complexity index is 1680. The molecule has 44 heavy (non-hydrogen) atoms. The molecule has 2 aliphatic rings. The summed E-state index contributed by atoms with van der Waals surface area (Å²) in [6, 6.07) is 26.1. The van der Waals surface area contributed by atoms with E-state index in [4.69, 9.17) is 32.7 Å². The molecule has 0 saturated heterocycles. The minimum atomic E-state index is -0.835. The number of carbonyl (C=O) groups is 2. The normalized spacial score (nSPS) is 17.9. The van der Waals surface area contributed by atoms with Crippen molar-refractivity contribution >= 4 is 40.8 Å². The van der Waals surface area contributed by atoms with Gasteiger partial charge in [-0.25, -0.2) is 0 Å². The molecule has 1 N–H and O–H groups in total. The monoisotopic (exact) mass is 630 g/mol. The van der Waals surface area contributed by atoms with Crippen LogP contribution in [-0.4, -0.2) is 41.5 Å². The van der Waals surface area contributed by atoms with Gasteiger partial charge in [0, 0.05) is 19.2 Å². The molecule has 0 bridgehead atoms. The molecule has 6 rings (SSSR count). The molecular formula is C35H32Cl2N2O5. The van der Waals surface area contributed by atoms with Gasteiger partial charge in [-0.05, 0) is 84.5 Å². The maximum atomic E-state index is 13.4. The molecule has 226 valence electrons. The average Bonchev–Trinajstić information content (AvgIpc) is 3.03. The standard InChI is InChI=1S/C35H32Cl2N2O5/c1-38-30-17-25-18-31(35(41)42)39(15-5-8-22-6-3-2-4-7-22)20-26(25)19-32(30)44-33(34(38)40)24-10-12-27(13-11-24)43-21-23-9-14-28(36)29(37)16-23/h2-4,6-7,9-14,16-17,19,31,33H,5,8,15,18,20-21H2,1H3,(H,41,42)/t31-,33+/m0/s1. The summed E-state index contributed by atoms with van der Waals surface area (Å²) in [6.45, 7) is 1.50. The highest BCUT2D eigenvalue weighted by molar-refractivity contribution is 6.42. The van der Waals surface area contributed by atoms with Gasteiger partial charge in [-0.2, -0.15) is 0 Å². The van der Waals surface area contributed by atoms with Crippen LogP contribution in [-0.2, 0) is 35.6 Å². The lowest BCUT2D eigenvalue weighted by atomic mass is 9.91. The van der Waals surface area contributed by atoms with Crippen LogP contribution in [0, 0.1) is 0 Å². The molecule has 0 aromatic heterocycles. The smallest absolute Gasteiger partial charge is 0.321 e. The first kappa shape index (κ1) is 30.0. The first-order chi connectivity index (χ1) is 21.3. The Morgan fingerprint density at radius 2 is 1.73 bits per heavy atom. The Balaban J connectivity index is 1.16. The van der Waals surface area contributed by atoms with Gasteiger partial charge in [-0.15, -0.1) is 0 Å². The third kappa shape index (κ3) is 6.41. The number of aryl methyl sites for hydroxylation is 1. The molecule has 0 fully saturated rings. The maximum absolute atomic E-state index is 13.4. The third-order valence-electron chi connectivity index (χ3n) is 8.28. The topological polar surface area (TPSA) is 79.3 Å². The zero-order valence-electron chi connectivity index (χ0n) is 24.2. The number of carboxylic acids is 1. The van der Waals surface area contributed by atoms with Gasteiger partial charge in [0.25, 0.3) is 5.91 Å². The number of carboxylic acid groups (broad SMARTS) is 1. The van der Waals surface area contributed by atoms with E-state index in [1.165, 1.54) is 5.56 Å². The highest BCUT2D eigenvalue weighted by Gasteiger charge is 2.37. The van der Waals surface area contributed by atoms with Crippen molar-refractivity contribution in [2.45, 2.75) is 44.6 Å². The van der Waals surface area contributed by atoms with E-state index < -0.39 is 18.1 Å². The number of ether oxygens (including phenoxy) is 2. The predicted molar refractivity (Wildman–Crippen MR) is 171 cm³/mol. The van der Waals surface area contributed by atoms with Crippen LogP contribution in [0.4, 0.5) is 5.69 Å². The largest absolute Gasteiger partial charge is 0.489 e. The summed E-state index contributed by atoms with van der Waals surface area (Å²) < 4.78 is 12.2. The van der Waals surface area contributed by atoms with E-state index in [0.717, 1.165) is 29.5 Å². The van der Waals surface area contributed by atoms with Crippen LogP contribution in [0.15, 0.2) is 84.9 Å². The molecule has 9 heteroatoms. The molecule has 7 nitrogen and oxygen atoms in total. The molecule has 2 aliphatic heterocycles. The summed E-state index contributed by atoms with van der Waals surface area (Å²) in [6.07, 6.45) is 1.31. The lowest BCUT2D eigenvalue weighted by molar-refractivity contribution is -0.144. The van der Waals surface area contributed by atoms with Crippen molar-refractivity contribution in [3.63, 3.8) is 0 Å². The van der Waals surface area contributed by atoms with E-state index in [1.807, 2.05) is 65.6 Å². The molecule has 4 aromatic carbocycles. The number of halogens is 2. The SMILES string of the molecule is CN1C(=O)[C@@H](c2ccc(OCc3ccc(Cl)c(Cl)c3)cc2)Oc2cc3c(cc21)C[C@@H](C(=O)O)N(CCCc1ccccc1)C3. The van der Waals surface area contributed by atoms with Crippen LogP contribution >= 0.6 is 23.2 Å². The van der Waals surface area contributed by atoms with Crippen LogP contribution in [0.25, 0.3) is 0 Å². The molecule has 0 spiro atoms. The number of hydrogen-bond acceptors (Lipinski definition) is 5. The van der Waals surface area contributed by atoms with E-state index in [-0.39, 0.29) is 5.91 Å². The second kappa shape index (κ2) is 12.9. The number of carbonyl (C=O) groups excluding carboxylic acids is 1. The molecule has 4 aromatic rings. The number of likely N-dealkylation sites (N-methyl/N-ethyl adjacent to an activating group) is 1. The van der Waals surface area contributed by atoms with E-state index >= 15 is 0 Å². The van der Waals surface area contributed by atoms with Crippen molar-refractivity contribution in [3.05, 3.63) is 123 Å². The summed E-state index contributed by atoms with van der Waals surface area (Å²) >= 11 is 12.1. The van der Waals surface area contributed by atoms with E-state index in [1.54, 1.807) is 24.1 Å². The number of benzene rings is 4. The van der Waals surface area contributed by atoms with Crippen LogP contribution in [0.3, 0.4) is 0 Å². The number of hydrogen-bond donors (Lipinski definition) is 1.